The molecule has 4 rings (SSSR count). The van der Waals surface area contributed by atoms with Gasteiger partial charge in [0, 0.05) is 4.90 Å². The highest BCUT2D eigenvalue weighted by atomic mass is 32.2. The third kappa shape index (κ3) is 5.24. The summed E-state index contributed by atoms with van der Waals surface area (Å²) in [7, 11) is 0. The van der Waals surface area contributed by atoms with E-state index < -0.39 is 17.7 Å². The summed E-state index contributed by atoms with van der Waals surface area (Å²) >= 11 is 1.49. The van der Waals surface area contributed by atoms with Crippen molar-refractivity contribution in [3.63, 3.8) is 0 Å². The molecule has 7 nitrogen and oxygen atoms in total. The first-order valence-electron chi connectivity index (χ1n) is 10.9. The average molecular weight is 454 g/mol. The van der Waals surface area contributed by atoms with Gasteiger partial charge in [0.2, 0.25) is 11.8 Å². The van der Waals surface area contributed by atoms with Crippen LogP contribution in [0.5, 0.6) is 0 Å². The van der Waals surface area contributed by atoms with E-state index in [4.69, 9.17) is 4.74 Å². The van der Waals surface area contributed by atoms with Gasteiger partial charge in [-0.2, -0.15) is 0 Å². The summed E-state index contributed by atoms with van der Waals surface area (Å²) in [6.45, 7) is 0.130. The number of thioether (sulfide) groups is 1. The molecule has 0 spiro atoms. The molecular formula is C24H27N3O4S. The van der Waals surface area contributed by atoms with E-state index in [-0.39, 0.29) is 23.8 Å². The summed E-state index contributed by atoms with van der Waals surface area (Å²) in [6.07, 6.45) is 3.07. The molecule has 2 unspecified atom stereocenters. The third-order valence-corrected chi connectivity index (χ3v) is 7.05. The molecule has 0 aromatic heterocycles. The van der Waals surface area contributed by atoms with Crippen molar-refractivity contribution in [3.8, 4) is 0 Å². The molecule has 32 heavy (non-hydrogen) atoms. The van der Waals surface area contributed by atoms with E-state index in [2.05, 4.69) is 16.0 Å². The summed E-state index contributed by atoms with van der Waals surface area (Å²) in [6, 6.07) is 18.4. The first-order valence-corrected chi connectivity index (χ1v) is 11.8. The summed E-state index contributed by atoms with van der Waals surface area (Å²) in [5, 5.41) is 8.30. The number of nitrogens with one attached hydrogen (secondary N) is 3. The van der Waals surface area contributed by atoms with Gasteiger partial charge < -0.3 is 20.7 Å². The molecular weight excluding hydrogens is 426 g/mol. The zero-order valence-electron chi connectivity index (χ0n) is 17.7. The smallest absolute Gasteiger partial charge is 0.408 e. The van der Waals surface area contributed by atoms with E-state index in [0.717, 1.165) is 29.7 Å². The minimum Gasteiger partial charge on any atom is -0.445 e. The maximum atomic E-state index is 13.3. The Hall–Kier alpha value is -3.00. The zero-order chi connectivity index (χ0) is 22.4. The fourth-order valence-corrected chi connectivity index (χ4v) is 5.15. The molecule has 1 heterocycles. The van der Waals surface area contributed by atoms with Gasteiger partial charge in [-0.1, -0.05) is 79.6 Å². The molecule has 3 amide bonds. The van der Waals surface area contributed by atoms with Gasteiger partial charge in [0.15, 0.2) is 0 Å². The van der Waals surface area contributed by atoms with Gasteiger partial charge in [0.1, 0.15) is 23.6 Å². The Balaban J connectivity index is 1.38. The Kier molecular flexibility index (Phi) is 6.99. The summed E-state index contributed by atoms with van der Waals surface area (Å²) in [5.74, 6) is -0.545. The van der Waals surface area contributed by atoms with Crippen molar-refractivity contribution in [1.29, 1.82) is 0 Å². The van der Waals surface area contributed by atoms with E-state index >= 15 is 0 Å². The van der Waals surface area contributed by atoms with Crippen molar-refractivity contribution in [3.05, 3.63) is 66.2 Å². The molecule has 2 aromatic rings. The van der Waals surface area contributed by atoms with Gasteiger partial charge >= 0.3 is 6.09 Å². The number of alkyl carbamates (subject to hydrolysis) is 1. The second kappa shape index (κ2) is 10.1. The van der Waals surface area contributed by atoms with E-state index in [1.807, 2.05) is 60.7 Å². The first-order chi connectivity index (χ1) is 15.6. The standard InChI is InChI=1S/C24H27N3O4S/c28-20-19(21(26-20)32-18-12-6-2-7-13-18)25-22(29)24(14-8-3-9-15-24)27-23(30)31-16-17-10-4-1-5-11-17/h1-2,4-7,10-13,19,21H,3,8-9,14-16H2,(H,25,29)(H,26,28)(H,27,30). The van der Waals surface area contributed by atoms with Crippen LogP contribution in [0.25, 0.3) is 0 Å². The van der Waals surface area contributed by atoms with Crippen molar-refractivity contribution >= 4 is 29.7 Å². The average Bonchev–Trinajstić information content (AvgIpc) is 2.83. The molecule has 2 aromatic carbocycles. The Labute approximate surface area is 191 Å². The number of β-lactam (4-membered cyclic amide) rings is 1. The molecule has 8 heteroatoms. The lowest BCUT2D eigenvalue weighted by atomic mass is 9.80. The maximum absolute atomic E-state index is 13.3. The van der Waals surface area contributed by atoms with Gasteiger partial charge in [-0.3, -0.25) is 9.59 Å². The predicted molar refractivity (Wildman–Crippen MR) is 122 cm³/mol. The highest BCUT2D eigenvalue weighted by Crippen LogP contribution is 2.31. The molecule has 1 saturated heterocycles. The molecule has 168 valence electrons. The quantitative estimate of drug-likeness (QED) is 0.559. The topological polar surface area (TPSA) is 96.5 Å². The van der Waals surface area contributed by atoms with Crippen molar-refractivity contribution in [2.75, 3.05) is 0 Å². The lowest BCUT2D eigenvalue weighted by Crippen LogP contribution is -2.71. The largest absolute Gasteiger partial charge is 0.445 e. The monoisotopic (exact) mass is 453 g/mol. The molecule has 0 bridgehead atoms. The zero-order valence-corrected chi connectivity index (χ0v) is 18.5. The van der Waals surface area contributed by atoms with Crippen LogP contribution in [0, 0.1) is 0 Å². The van der Waals surface area contributed by atoms with Gasteiger partial charge in [0.25, 0.3) is 0 Å². The fourth-order valence-electron chi connectivity index (χ4n) is 4.04. The van der Waals surface area contributed by atoms with Crippen LogP contribution in [-0.2, 0) is 20.9 Å². The summed E-state index contributed by atoms with van der Waals surface area (Å²) in [5.41, 5.74) is -0.194. The Morgan fingerprint density at radius 2 is 1.66 bits per heavy atom. The lowest BCUT2D eigenvalue weighted by Gasteiger charge is -2.41. The number of benzene rings is 2. The van der Waals surface area contributed by atoms with Crippen LogP contribution >= 0.6 is 11.8 Å². The number of rotatable bonds is 7. The van der Waals surface area contributed by atoms with Crippen molar-refractivity contribution in [1.82, 2.24) is 16.0 Å². The molecule has 2 fully saturated rings. The van der Waals surface area contributed by atoms with Crippen molar-refractivity contribution < 1.29 is 19.1 Å². The summed E-state index contributed by atoms with van der Waals surface area (Å²) < 4.78 is 5.36. The second-order valence-electron chi connectivity index (χ2n) is 8.14. The molecule has 1 aliphatic heterocycles. The van der Waals surface area contributed by atoms with Crippen LogP contribution in [0.1, 0.15) is 37.7 Å². The summed E-state index contributed by atoms with van der Waals surface area (Å²) in [4.78, 5) is 39.0. The van der Waals surface area contributed by atoms with Gasteiger partial charge in [-0.25, -0.2) is 4.79 Å². The molecule has 0 radical (unpaired) electrons. The SMILES string of the molecule is O=C(NC1(C(=O)NC2C(=O)NC2Sc2ccccc2)CCCCC1)OCc1ccccc1. The van der Waals surface area contributed by atoms with Crippen molar-refractivity contribution in [2.24, 2.45) is 0 Å². The van der Waals surface area contributed by atoms with E-state index in [1.165, 1.54) is 11.8 Å². The third-order valence-electron chi connectivity index (χ3n) is 5.86. The van der Waals surface area contributed by atoms with Crippen LogP contribution < -0.4 is 16.0 Å². The van der Waals surface area contributed by atoms with E-state index in [0.29, 0.717) is 12.8 Å². The Morgan fingerprint density at radius 1 is 1.00 bits per heavy atom. The highest BCUT2D eigenvalue weighted by molar-refractivity contribution is 8.00. The van der Waals surface area contributed by atoms with E-state index in [9.17, 15) is 14.4 Å². The number of carbonyl (C=O) groups excluding carboxylic acids is 3. The van der Waals surface area contributed by atoms with E-state index in [1.54, 1.807) is 0 Å². The minimum atomic E-state index is -1.07. The number of carbonyl (C=O) groups is 3. The normalized spacial score (nSPS) is 21.6. The van der Waals surface area contributed by atoms with Crippen LogP contribution in [0.15, 0.2) is 65.6 Å². The van der Waals surface area contributed by atoms with Crippen LogP contribution in [0.4, 0.5) is 4.79 Å². The maximum Gasteiger partial charge on any atom is 0.408 e. The molecule has 3 N–H and O–H groups in total. The van der Waals surface area contributed by atoms with Gasteiger partial charge in [-0.05, 0) is 30.5 Å². The number of amides is 3. The van der Waals surface area contributed by atoms with Crippen molar-refractivity contribution in [2.45, 2.75) is 60.6 Å². The fraction of sp³-hybridized carbons (Fsp3) is 0.375. The Bertz CT molecular complexity index is 948. The van der Waals surface area contributed by atoms with Crippen LogP contribution in [-0.4, -0.2) is 34.9 Å². The number of hydrogen-bond acceptors (Lipinski definition) is 5. The van der Waals surface area contributed by atoms with Gasteiger partial charge in [-0.15, -0.1) is 0 Å². The van der Waals surface area contributed by atoms with Crippen LogP contribution in [0.3, 0.4) is 0 Å². The molecule has 2 atom stereocenters. The second-order valence-corrected chi connectivity index (χ2v) is 9.36. The minimum absolute atomic E-state index is 0.130. The lowest BCUT2D eigenvalue weighted by molar-refractivity contribution is -0.137. The first kappa shape index (κ1) is 22.2. The van der Waals surface area contributed by atoms with Crippen LogP contribution in [0.2, 0.25) is 0 Å². The molecule has 2 aliphatic rings. The number of ether oxygens (including phenoxy) is 1. The predicted octanol–water partition coefficient (Wildman–Crippen LogP) is 3.35. The number of hydrogen-bond donors (Lipinski definition) is 3. The molecule has 1 saturated carbocycles. The van der Waals surface area contributed by atoms with Gasteiger partial charge in [0.05, 0.1) is 0 Å². The molecule has 1 aliphatic carbocycles. The Morgan fingerprint density at radius 3 is 2.31 bits per heavy atom. The highest BCUT2D eigenvalue weighted by Gasteiger charge is 2.47.